The minimum absolute atomic E-state index is 0.293. The van der Waals surface area contributed by atoms with Gasteiger partial charge in [0.2, 0.25) is 0 Å². The Morgan fingerprint density at radius 2 is 1.82 bits per heavy atom. The van der Waals surface area contributed by atoms with Crippen LogP contribution in [-0.4, -0.2) is 13.0 Å². The molecule has 0 aromatic heterocycles. The molecule has 0 spiro atoms. The third-order valence-corrected chi connectivity index (χ3v) is 4.58. The number of benzene rings is 3. The summed E-state index contributed by atoms with van der Waals surface area (Å²) in [5.41, 5.74) is 2.57. The molecule has 0 aliphatic rings. The number of methoxy groups -OCH3 is 1. The van der Waals surface area contributed by atoms with Crippen molar-refractivity contribution in [3.05, 3.63) is 87.9 Å². The van der Waals surface area contributed by atoms with Crippen LogP contribution < -0.4 is 14.8 Å². The van der Waals surface area contributed by atoms with E-state index in [4.69, 9.17) is 14.7 Å². The van der Waals surface area contributed by atoms with Gasteiger partial charge in [-0.3, -0.25) is 4.79 Å². The minimum Gasteiger partial charge on any atom is -0.493 e. The Hall–Kier alpha value is -3.30. The van der Waals surface area contributed by atoms with Gasteiger partial charge in [0, 0.05) is 11.3 Å². The number of nitrogens with one attached hydrogen (secondary N) is 1. The Morgan fingerprint density at radius 1 is 1.11 bits per heavy atom. The van der Waals surface area contributed by atoms with Crippen molar-refractivity contribution in [2.24, 2.45) is 0 Å². The van der Waals surface area contributed by atoms with Crippen molar-refractivity contribution in [1.82, 2.24) is 0 Å². The Balaban J connectivity index is 1.77. The maximum absolute atomic E-state index is 12.6. The fourth-order valence-corrected chi connectivity index (χ4v) is 3.11. The second kappa shape index (κ2) is 9.07. The van der Waals surface area contributed by atoms with Crippen molar-refractivity contribution in [2.75, 3.05) is 12.4 Å². The Bertz CT molecular complexity index is 1010. The third kappa shape index (κ3) is 4.70. The molecule has 0 aliphatic heterocycles. The molecule has 5 nitrogen and oxygen atoms in total. The number of ether oxygens (including phenoxy) is 2. The predicted molar refractivity (Wildman–Crippen MR) is 111 cm³/mol. The van der Waals surface area contributed by atoms with Crippen molar-refractivity contribution in [2.45, 2.75) is 6.61 Å². The highest BCUT2D eigenvalue weighted by Crippen LogP contribution is 2.37. The molecule has 3 aromatic carbocycles. The van der Waals surface area contributed by atoms with Crippen LogP contribution in [0.5, 0.6) is 11.5 Å². The Morgan fingerprint density at radius 3 is 2.46 bits per heavy atom. The molecule has 140 valence electrons. The van der Waals surface area contributed by atoms with E-state index >= 15 is 0 Å². The number of carbonyl (C=O) groups is 1. The molecule has 28 heavy (non-hydrogen) atoms. The minimum atomic E-state index is -0.293. The summed E-state index contributed by atoms with van der Waals surface area (Å²) in [6.45, 7) is 0.382. The van der Waals surface area contributed by atoms with Crippen molar-refractivity contribution < 1.29 is 14.3 Å². The van der Waals surface area contributed by atoms with Gasteiger partial charge in [0.05, 0.1) is 23.2 Å². The molecule has 6 heteroatoms. The molecule has 1 amide bonds. The second-order valence-corrected chi connectivity index (χ2v) is 6.76. The standard InChI is InChI=1S/C22H17BrN2O3/c1-27-20-12-17(22(26)25-18-9-7-15(13-24)8-10-18)11-19(23)21(20)28-14-16-5-3-2-4-6-16/h2-12H,14H2,1H3,(H,25,26). The molecule has 0 fully saturated rings. The van der Waals surface area contributed by atoms with Gasteiger partial charge in [0.15, 0.2) is 11.5 Å². The van der Waals surface area contributed by atoms with Gasteiger partial charge < -0.3 is 14.8 Å². The van der Waals surface area contributed by atoms with E-state index in [1.54, 1.807) is 36.4 Å². The monoisotopic (exact) mass is 436 g/mol. The lowest BCUT2D eigenvalue weighted by molar-refractivity contribution is 0.102. The van der Waals surface area contributed by atoms with Crippen LogP contribution in [0.2, 0.25) is 0 Å². The molecule has 0 bridgehead atoms. The average Bonchev–Trinajstić information content (AvgIpc) is 2.73. The van der Waals surface area contributed by atoms with Crippen LogP contribution in [0.25, 0.3) is 0 Å². The summed E-state index contributed by atoms with van der Waals surface area (Å²) >= 11 is 3.46. The van der Waals surface area contributed by atoms with Crippen molar-refractivity contribution in [1.29, 1.82) is 5.26 Å². The second-order valence-electron chi connectivity index (χ2n) is 5.91. The highest BCUT2D eigenvalue weighted by atomic mass is 79.9. The highest BCUT2D eigenvalue weighted by molar-refractivity contribution is 9.10. The molecule has 3 rings (SSSR count). The highest BCUT2D eigenvalue weighted by Gasteiger charge is 2.16. The molecule has 0 heterocycles. The average molecular weight is 437 g/mol. The molecule has 0 saturated heterocycles. The fourth-order valence-electron chi connectivity index (χ4n) is 2.55. The number of nitrogens with zero attached hydrogens (tertiary/aromatic N) is 1. The summed E-state index contributed by atoms with van der Waals surface area (Å²) in [5.74, 6) is 0.690. The van der Waals surface area contributed by atoms with Crippen LogP contribution in [0, 0.1) is 11.3 Å². The lowest BCUT2D eigenvalue weighted by Gasteiger charge is -2.14. The summed E-state index contributed by atoms with van der Waals surface area (Å²) < 4.78 is 11.9. The SMILES string of the molecule is COc1cc(C(=O)Nc2ccc(C#N)cc2)cc(Br)c1OCc1ccccc1. The van der Waals surface area contributed by atoms with E-state index in [0.717, 1.165) is 5.56 Å². The van der Waals surface area contributed by atoms with Gasteiger partial charge in [-0.05, 0) is 57.9 Å². The van der Waals surface area contributed by atoms with Crippen LogP contribution in [0.4, 0.5) is 5.69 Å². The van der Waals surface area contributed by atoms with E-state index in [1.807, 2.05) is 36.4 Å². The first-order chi connectivity index (χ1) is 13.6. The van der Waals surface area contributed by atoms with E-state index in [2.05, 4.69) is 21.2 Å². The molecule has 0 atom stereocenters. The Kier molecular flexibility index (Phi) is 6.30. The summed E-state index contributed by atoms with van der Waals surface area (Å²) in [5, 5.41) is 11.7. The van der Waals surface area contributed by atoms with Crippen LogP contribution in [0.1, 0.15) is 21.5 Å². The Labute approximate surface area is 171 Å². The molecule has 0 radical (unpaired) electrons. The van der Waals surface area contributed by atoms with Crippen LogP contribution in [0.3, 0.4) is 0 Å². The molecular formula is C22H17BrN2O3. The van der Waals surface area contributed by atoms with Gasteiger partial charge >= 0.3 is 0 Å². The largest absolute Gasteiger partial charge is 0.493 e. The number of nitriles is 1. The third-order valence-electron chi connectivity index (χ3n) is 3.99. The number of anilines is 1. The summed E-state index contributed by atoms with van der Waals surface area (Å²) in [7, 11) is 1.53. The zero-order valence-electron chi connectivity index (χ0n) is 15.1. The maximum atomic E-state index is 12.6. The maximum Gasteiger partial charge on any atom is 0.255 e. The first-order valence-electron chi connectivity index (χ1n) is 8.46. The summed E-state index contributed by atoms with van der Waals surface area (Å²) in [6.07, 6.45) is 0. The topological polar surface area (TPSA) is 71.3 Å². The lowest BCUT2D eigenvalue weighted by atomic mass is 10.1. The summed E-state index contributed by atoms with van der Waals surface area (Å²) in [4.78, 5) is 12.6. The van der Waals surface area contributed by atoms with Gasteiger partial charge in [0.25, 0.3) is 5.91 Å². The number of hydrogen-bond acceptors (Lipinski definition) is 4. The lowest BCUT2D eigenvalue weighted by Crippen LogP contribution is -2.12. The van der Waals surface area contributed by atoms with E-state index in [0.29, 0.717) is 39.4 Å². The van der Waals surface area contributed by atoms with E-state index in [9.17, 15) is 4.79 Å². The van der Waals surface area contributed by atoms with Gasteiger partial charge in [-0.25, -0.2) is 0 Å². The van der Waals surface area contributed by atoms with Crippen LogP contribution >= 0.6 is 15.9 Å². The van der Waals surface area contributed by atoms with Gasteiger partial charge in [-0.1, -0.05) is 30.3 Å². The summed E-state index contributed by atoms with van der Waals surface area (Å²) in [6, 6.07) is 21.8. The molecule has 0 saturated carbocycles. The van der Waals surface area contributed by atoms with Gasteiger partial charge in [-0.2, -0.15) is 5.26 Å². The predicted octanol–water partition coefficient (Wildman–Crippen LogP) is 5.16. The normalized spacial score (nSPS) is 10.0. The molecule has 3 aromatic rings. The molecular weight excluding hydrogens is 420 g/mol. The van der Waals surface area contributed by atoms with E-state index < -0.39 is 0 Å². The quantitative estimate of drug-likeness (QED) is 0.578. The molecule has 0 unspecified atom stereocenters. The number of halogens is 1. The number of carbonyl (C=O) groups excluding carboxylic acids is 1. The smallest absolute Gasteiger partial charge is 0.255 e. The first kappa shape index (κ1) is 19.5. The first-order valence-corrected chi connectivity index (χ1v) is 9.26. The van der Waals surface area contributed by atoms with Crippen molar-refractivity contribution in [3.8, 4) is 17.6 Å². The number of hydrogen-bond donors (Lipinski definition) is 1. The zero-order chi connectivity index (χ0) is 19.9. The van der Waals surface area contributed by atoms with Crippen molar-refractivity contribution >= 4 is 27.5 Å². The van der Waals surface area contributed by atoms with Crippen LogP contribution in [-0.2, 0) is 6.61 Å². The van der Waals surface area contributed by atoms with E-state index in [-0.39, 0.29) is 5.91 Å². The fraction of sp³-hybridized carbons (Fsp3) is 0.0909. The zero-order valence-corrected chi connectivity index (χ0v) is 16.7. The molecule has 1 N–H and O–H groups in total. The van der Waals surface area contributed by atoms with Crippen molar-refractivity contribution in [3.63, 3.8) is 0 Å². The number of amides is 1. The number of rotatable bonds is 6. The van der Waals surface area contributed by atoms with Gasteiger partial charge in [-0.15, -0.1) is 0 Å². The van der Waals surface area contributed by atoms with E-state index in [1.165, 1.54) is 7.11 Å². The van der Waals surface area contributed by atoms with Crippen LogP contribution in [0.15, 0.2) is 71.2 Å². The molecule has 0 aliphatic carbocycles. The van der Waals surface area contributed by atoms with Gasteiger partial charge in [0.1, 0.15) is 6.61 Å².